The molecular weight excluding hydrogens is 359 g/mol. The third-order valence-electron chi connectivity index (χ3n) is 4.46. The topological polar surface area (TPSA) is 35.5 Å². The lowest BCUT2D eigenvalue weighted by Crippen LogP contribution is -2.24. The highest BCUT2D eigenvalue weighted by Crippen LogP contribution is 2.31. The second-order valence-electron chi connectivity index (χ2n) is 6.31. The smallest absolute Gasteiger partial charge is 0.199 e. The molecule has 5 heteroatoms. The third kappa shape index (κ3) is 4.58. The molecule has 0 bridgehead atoms. The molecule has 1 aromatic rings. The predicted octanol–water partition coefficient (Wildman–Crippen LogP) is 5.32. The fourth-order valence-electron chi connectivity index (χ4n) is 2.96. The van der Waals surface area contributed by atoms with Gasteiger partial charge < -0.3 is 9.47 Å². The molecule has 0 spiro atoms. The second-order valence-corrected chi connectivity index (χ2v) is 7.12. The Morgan fingerprint density at radius 1 is 1.12 bits per heavy atom. The van der Waals surface area contributed by atoms with E-state index in [9.17, 15) is 4.79 Å². The Labute approximate surface area is 158 Å². The average molecular weight is 379 g/mol. The van der Waals surface area contributed by atoms with Crippen molar-refractivity contribution in [3.63, 3.8) is 0 Å². The largest absolute Gasteiger partial charge is 0.465 e. The monoisotopic (exact) mass is 378 g/mol. The number of rotatable bonds is 2. The minimum absolute atomic E-state index is 0.170. The van der Waals surface area contributed by atoms with Crippen molar-refractivity contribution in [2.75, 3.05) is 6.61 Å². The zero-order valence-electron chi connectivity index (χ0n) is 14.2. The van der Waals surface area contributed by atoms with E-state index in [0.29, 0.717) is 34.4 Å². The van der Waals surface area contributed by atoms with Crippen LogP contribution in [0.2, 0.25) is 10.0 Å². The van der Waals surface area contributed by atoms with E-state index in [4.69, 9.17) is 32.7 Å². The van der Waals surface area contributed by atoms with Gasteiger partial charge in [0.2, 0.25) is 0 Å². The van der Waals surface area contributed by atoms with Crippen LogP contribution >= 0.6 is 23.2 Å². The maximum Gasteiger partial charge on any atom is 0.199 e. The molecule has 3 nitrogen and oxygen atoms in total. The molecule has 25 heavy (non-hydrogen) atoms. The van der Waals surface area contributed by atoms with E-state index in [2.05, 4.69) is 11.8 Å². The lowest BCUT2D eigenvalue weighted by molar-refractivity contribution is -0.116. The van der Waals surface area contributed by atoms with Gasteiger partial charge in [-0.05, 0) is 32.6 Å². The summed E-state index contributed by atoms with van der Waals surface area (Å²) in [5.41, 5.74) is 2.18. The molecule has 1 fully saturated rings. The normalized spacial score (nSPS) is 20.9. The molecule has 0 amide bonds. The van der Waals surface area contributed by atoms with Gasteiger partial charge in [-0.1, -0.05) is 35.0 Å². The number of carbonyl (C=O) groups is 1. The molecule has 132 valence electrons. The van der Waals surface area contributed by atoms with Gasteiger partial charge in [0.25, 0.3) is 0 Å². The Bertz CT molecular complexity index is 742. The van der Waals surface area contributed by atoms with Crippen molar-refractivity contribution in [2.24, 2.45) is 0 Å². The molecule has 0 saturated carbocycles. The van der Waals surface area contributed by atoms with Gasteiger partial charge in [-0.2, -0.15) is 0 Å². The van der Waals surface area contributed by atoms with E-state index >= 15 is 0 Å². The summed E-state index contributed by atoms with van der Waals surface area (Å²) in [5, 5.41) is 0.873. The van der Waals surface area contributed by atoms with E-state index in [-0.39, 0.29) is 12.1 Å². The number of hydrogen-bond acceptors (Lipinski definition) is 3. The number of allylic oxidation sites excluding steroid dienone is 2. The van der Waals surface area contributed by atoms with Crippen LogP contribution in [0.4, 0.5) is 0 Å². The predicted molar refractivity (Wildman–Crippen MR) is 99.1 cm³/mol. The van der Waals surface area contributed by atoms with Gasteiger partial charge in [0.15, 0.2) is 12.1 Å². The van der Waals surface area contributed by atoms with Gasteiger partial charge in [0.1, 0.15) is 5.75 Å². The highest BCUT2D eigenvalue weighted by molar-refractivity contribution is 6.36. The minimum atomic E-state index is -0.251. The van der Waals surface area contributed by atoms with E-state index in [1.54, 1.807) is 12.1 Å². The molecular formula is C20H20Cl2O3. The first-order valence-corrected chi connectivity index (χ1v) is 9.32. The molecule has 0 radical (unpaired) electrons. The second kappa shape index (κ2) is 8.27. The molecule has 0 N–H and O–H groups in total. The number of carbonyl (C=O) groups excluding carboxylic acids is 1. The Morgan fingerprint density at radius 3 is 2.56 bits per heavy atom. The fourth-order valence-corrected chi connectivity index (χ4v) is 3.52. The maximum atomic E-state index is 11.8. The SMILES string of the molecule is CC1=C(C#Cc2c(Cl)cc(OC3CCCCO3)cc2Cl)CCCC1=O. The average Bonchev–Trinajstić information content (AvgIpc) is 2.58. The lowest BCUT2D eigenvalue weighted by Gasteiger charge is -2.23. The summed E-state index contributed by atoms with van der Waals surface area (Å²) in [6, 6.07) is 3.42. The summed E-state index contributed by atoms with van der Waals surface area (Å²) in [6.45, 7) is 2.54. The van der Waals surface area contributed by atoms with E-state index in [1.165, 1.54) is 0 Å². The molecule has 2 aliphatic rings. The zero-order valence-corrected chi connectivity index (χ0v) is 15.7. The Kier molecular flexibility index (Phi) is 6.06. The van der Waals surface area contributed by atoms with Crippen molar-refractivity contribution in [3.05, 3.63) is 38.9 Å². The van der Waals surface area contributed by atoms with Gasteiger partial charge >= 0.3 is 0 Å². The molecule has 3 rings (SSSR count). The first-order valence-electron chi connectivity index (χ1n) is 8.57. The van der Waals surface area contributed by atoms with Crippen molar-refractivity contribution in [2.45, 2.75) is 51.7 Å². The van der Waals surface area contributed by atoms with Gasteiger partial charge in [0.05, 0.1) is 22.2 Å². The van der Waals surface area contributed by atoms with Crippen molar-refractivity contribution in [1.29, 1.82) is 0 Å². The summed E-state index contributed by atoms with van der Waals surface area (Å²) in [6.07, 6.45) is 5.03. The van der Waals surface area contributed by atoms with Gasteiger partial charge in [0, 0.05) is 36.1 Å². The lowest BCUT2D eigenvalue weighted by atomic mass is 9.92. The summed E-state index contributed by atoms with van der Waals surface area (Å²) in [4.78, 5) is 11.8. The van der Waals surface area contributed by atoms with Crippen molar-refractivity contribution < 1.29 is 14.3 Å². The Hall–Kier alpha value is -1.47. The van der Waals surface area contributed by atoms with Crippen molar-refractivity contribution in [3.8, 4) is 17.6 Å². The highest BCUT2D eigenvalue weighted by Gasteiger charge is 2.17. The number of Topliss-reactive ketones (excluding diaryl/α,β-unsaturated/α-hetero) is 1. The molecule has 1 heterocycles. The summed E-state index contributed by atoms with van der Waals surface area (Å²) < 4.78 is 11.4. The number of hydrogen-bond donors (Lipinski definition) is 0. The summed E-state index contributed by atoms with van der Waals surface area (Å²) in [5.74, 6) is 6.85. The number of halogens is 2. The van der Waals surface area contributed by atoms with Gasteiger partial charge in [-0.3, -0.25) is 4.79 Å². The van der Waals surface area contributed by atoms with Crippen LogP contribution in [0.3, 0.4) is 0 Å². The summed E-state index contributed by atoms with van der Waals surface area (Å²) >= 11 is 12.7. The van der Waals surface area contributed by atoms with Crippen molar-refractivity contribution in [1.82, 2.24) is 0 Å². The fraction of sp³-hybridized carbons (Fsp3) is 0.450. The molecule has 1 atom stereocenters. The van der Waals surface area contributed by atoms with E-state index in [1.807, 2.05) is 6.92 Å². The van der Waals surface area contributed by atoms with Crippen LogP contribution in [0, 0.1) is 11.8 Å². The van der Waals surface area contributed by atoms with Crippen molar-refractivity contribution >= 4 is 29.0 Å². The number of ether oxygens (including phenoxy) is 2. The Morgan fingerprint density at radius 2 is 1.88 bits per heavy atom. The molecule has 1 aromatic carbocycles. The number of ketones is 1. The quantitative estimate of drug-likeness (QED) is 0.653. The summed E-state index contributed by atoms with van der Waals surface area (Å²) in [7, 11) is 0. The van der Waals surface area contributed by atoms with E-state index in [0.717, 1.165) is 43.3 Å². The molecule has 1 aliphatic heterocycles. The standard InChI is InChI=1S/C20H20Cl2O3/c1-13-14(5-4-6-19(13)23)8-9-16-17(21)11-15(12-18(16)22)25-20-7-2-3-10-24-20/h11-12,20H,2-7,10H2,1H3. The Balaban J connectivity index is 1.80. The van der Waals surface area contributed by atoms with Crippen LogP contribution < -0.4 is 4.74 Å². The molecule has 0 aromatic heterocycles. The zero-order chi connectivity index (χ0) is 17.8. The van der Waals surface area contributed by atoms with Crippen LogP contribution in [0.1, 0.15) is 51.0 Å². The minimum Gasteiger partial charge on any atom is -0.465 e. The van der Waals surface area contributed by atoms with Crippen LogP contribution in [-0.2, 0) is 9.53 Å². The molecule has 1 unspecified atom stereocenters. The van der Waals surface area contributed by atoms with Crippen LogP contribution in [0.15, 0.2) is 23.3 Å². The highest BCUT2D eigenvalue weighted by atomic mass is 35.5. The van der Waals surface area contributed by atoms with Crippen LogP contribution in [0.5, 0.6) is 5.75 Å². The molecule has 1 aliphatic carbocycles. The van der Waals surface area contributed by atoms with Crippen LogP contribution in [0.25, 0.3) is 0 Å². The first kappa shape index (κ1) is 18.3. The first-order chi connectivity index (χ1) is 12.0. The van der Waals surface area contributed by atoms with Gasteiger partial charge in [-0.15, -0.1) is 0 Å². The molecule has 1 saturated heterocycles. The maximum absolute atomic E-state index is 11.8. The van der Waals surface area contributed by atoms with E-state index < -0.39 is 0 Å². The third-order valence-corrected chi connectivity index (χ3v) is 5.06. The van der Waals surface area contributed by atoms with Crippen LogP contribution in [-0.4, -0.2) is 18.7 Å². The number of benzene rings is 1. The van der Waals surface area contributed by atoms with Gasteiger partial charge in [-0.25, -0.2) is 0 Å².